The topological polar surface area (TPSA) is 102 Å². The van der Waals surface area contributed by atoms with Gasteiger partial charge in [-0.2, -0.15) is 0 Å². The molecular weight excluding hydrogens is 276 g/mol. The van der Waals surface area contributed by atoms with Gasteiger partial charge >= 0.3 is 5.97 Å². The highest BCUT2D eigenvalue weighted by molar-refractivity contribution is 5.91. The second-order valence-corrected chi connectivity index (χ2v) is 4.99. The first kappa shape index (κ1) is 16.9. The molecule has 0 heterocycles. The van der Waals surface area contributed by atoms with Crippen molar-refractivity contribution in [2.45, 2.75) is 26.3 Å². The van der Waals surface area contributed by atoms with Gasteiger partial charge in [-0.15, -0.1) is 0 Å². The van der Waals surface area contributed by atoms with E-state index in [4.69, 9.17) is 5.11 Å². The van der Waals surface area contributed by atoms with Crippen LogP contribution in [0.4, 0.5) is 11.4 Å². The van der Waals surface area contributed by atoms with Crippen LogP contribution in [0.5, 0.6) is 0 Å². The molecule has 1 aromatic carbocycles. The van der Waals surface area contributed by atoms with Crippen molar-refractivity contribution in [2.24, 2.45) is 5.92 Å². The van der Waals surface area contributed by atoms with Crippen LogP contribution in [0.25, 0.3) is 0 Å². The fraction of sp³-hybridized carbons (Fsp3) is 0.500. The van der Waals surface area contributed by atoms with E-state index in [1.54, 1.807) is 0 Å². The van der Waals surface area contributed by atoms with Crippen molar-refractivity contribution in [1.82, 2.24) is 0 Å². The van der Waals surface area contributed by atoms with E-state index in [0.717, 1.165) is 0 Å². The van der Waals surface area contributed by atoms with Gasteiger partial charge in [0.15, 0.2) is 0 Å². The summed E-state index contributed by atoms with van der Waals surface area (Å²) in [6, 6.07) is 3.88. The lowest BCUT2D eigenvalue weighted by molar-refractivity contribution is -0.384. The van der Waals surface area contributed by atoms with Gasteiger partial charge in [0.2, 0.25) is 0 Å². The molecule has 0 aliphatic carbocycles. The lowest BCUT2D eigenvalue weighted by atomic mass is 10.0. The average molecular weight is 296 g/mol. The Balaban J connectivity index is 3.16. The number of nitrogens with zero attached hydrogens (tertiary/aromatic N) is 1. The van der Waals surface area contributed by atoms with E-state index < -0.39 is 10.9 Å². The zero-order chi connectivity index (χ0) is 16.0. The minimum Gasteiger partial charge on any atom is -0.465 e. The lowest BCUT2D eigenvalue weighted by Gasteiger charge is -2.22. The van der Waals surface area contributed by atoms with E-state index >= 15 is 0 Å². The van der Waals surface area contributed by atoms with Crippen LogP contribution in [0.1, 0.15) is 30.6 Å². The molecule has 0 aliphatic heterocycles. The Kier molecular flexibility index (Phi) is 6.10. The Hall–Kier alpha value is -2.15. The van der Waals surface area contributed by atoms with Crippen LogP contribution in [-0.4, -0.2) is 35.8 Å². The number of nitrogens with one attached hydrogen (secondary N) is 1. The largest absolute Gasteiger partial charge is 0.465 e. The highest BCUT2D eigenvalue weighted by atomic mass is 16.6. The molecule has 0 aliphatic rings. The molecule has 7 heteroatoms. The van der Waals surface area contributed by atoms with E-state index in [9.17, 15) is 14.9 Å². The van der Waals surface area contributed by atoms with Crippen molar-refractivity contribution >= 4 is 17.3 Å². The summed E-state index contributed by atoms with van der Waals surface area (Å²) in [7, 11) is 1.25. The molecule has 0 saturated heterocycles. The van der Waals surface area contributed by atoms with Crippen molar-refractivity contribution < 1.29 is 19.6 Å². The Morgan fingerprint density at radius 1 is 1.48 bits per heavy atom. The molecule has 1 aromatic rings. The number of benzene rings is 1. The molecule has 1 unspecified atom stereocenters. The summed E-state index contributed by atoms with van der Waals surface area (Å²) in [6.45, 7) is 3.87. The van der Waals surface area contributed by atoms with Crippen molar-refractivity contribution in [3.63, 3.8) is 0 Å². The number of esters is 1. The summed E-state index contributed by atoms with van der Waals surface area (Å²) in [5.74, 6) is -0.394. The van der Waals surface area contributed by atoms with Crippen LogP contribution in [0.3, 0.4) is 0 Å². The minimum absolute atomic E-state index is 0.0274. The summed E-state index contributed by atoms with van der Waals surface area (Å²) >= 11 is 0. The molecule has 0 fully saturated rings. The first-order valence-electron chi connectivity index (χ1n) is 6.64. The van der Waals surface area contributed by atoms with Gasteiger partial charge in [-0.3, -0.25) is 10.1 Å². The molecule has 0 saturated carbocycles. The first-order chi connectivity index (χ1) is 9.90. The minimum atomic E-state index is -0.559. The molecule has 1 rings (SSSR count). The normalized spacial score (nSPS) is 12.0. The van der Waals surface area contributed by atoms with Crippen molar-refractivity contribution in [1.29, 1.82) is 0 Å². The Morgan fingerprint density at radius 2 is 2.14 bits per heavy atom. The van der Waals surface area contributed by atoms with Gasteiger partial charge in [0.25, 0.3) is 5.69 Å². The number of ether oxygens (including phenoxy) is 1. The molecule has 116 valence electrons. The number of anilines is 1. The fourth-order valence-corrected chi connectivity index (χ4v) is 1.97. The zero-order valence-corrected chi connectivity index (χ0v) is 12.3. The number of carbonyl (C=O) groups is 1. The second-order valence-electron chi connectivity index (χ2n) is 4.99. The van der Waals surface area contributed by atoms with E-state index in [2.05, 4.69) is 10.1 Å². The molecule has 0 bridgehead atoms. The summed E-state index contributed by atoms with van der Waals surface area (Å²) in [4.78, 5) is 22.1. The Bertz CT molecular complexity index is 516. The van der Waals surface area contributed by atoms with E-state index in [1.807, 2.05) is 13.8 Å². The van der Waals surface area contributed by atoms with Crippen LogP contribution < -0.4 is 5.32 Å². The van der Waals surface area contributed by atoms with Crippen molar-refractivity contribution in [3.05, 3.63) is 33.9 Å². The highest BCUT2D eigenvalue weighted by Crippen LogP contribution is 2.28. The fourth-order valence-electron chi connectivity index (χ4n) is 1.97. The molecule has 2 N–H and O–H groups in total. The molecule has 0 radical (unpaired) electrons. The third-order valence-electron chi connectivity index (χ3n) is 3.20. The monoisotopic (exact) mass is 296 g/mol. The molecule has 0 spiro atoms. The van der Waals surface area contributed by atoms with Gasteiger partial charge < -0.3 is 15.2 Å². The molecule has 0 amide bonds. The molecular formula is C14H20N2O5. The van der Waals surface area contributed by atoms with Gasteiger partial charge in [0.05, 0.1) is 17.6 Å². The summed E-state index contributed by atoms with van der Waals surface area (Å²) in [6.07, 6.45) is 0.456. The maximum Gasteiger partial charge on any atom is 0.337 e. The molecule has 0 aromatic heterocycles. The second kappa shape index (κ2) is 7.58. The van der Waals surface area contributed by atoms with Crippen molar-refractivity contribution in [2.75, 3.05) is 19.0 Å². The van der Waals surface area contributed by atoms with E-state index in [1.165, 1.54) is 25.3 Å². The van der Waals surface area contributed by atoms with Gasteiger partial charge in [-0.25, -0.2) is 4.79 Å². The standard InChI is InChI=1S/C14H20N2O5/c1-9(2)11(6-7-17)15-12-8-10(14(18)21-3)4-5-13(12)16(19)20/h4-5,8-9,11,15,17H,6-7H2,1-3H3. The number of methoxy groups -OCH3 is 1. The maximum absolute atomic E-state index is 11.5. The number of aliphatic hydroxyl groups is 1. The number of nitro groups is 1. The van der Waals surface area contributed by atoms with Crippen molar-refractivity contribution in [3.8, 4) is 0 Å². The van der Waals surface area contributed by atoms with Crippen LogP contribution >= 0.6 is 0 Å². The van der Waals surface area contributed by atoms with Gasteiger partial charge in [0, 0.05) is 18.7 Å². The number of hydrogen-bond acceptors (Lipinski definition) is 6. The Morgan fingerprint density at radius 3 is 2.62 bits per heavy atom. The predicted molar refractivity (Wildman–Crippen MR) is 78.4 cm³/mol. The third-order valence-corrected chi connectivity index (χ3v) is 3.20. The van der Waals surface area contributed by atoms with Crippen LogP contribution in [-0.2, 0) is 4.74 Å². The predicted octanol–water partition coefficient (Wildman–Crippen LogP) is 2.20. The molecule has 1 atom stereocenters. The quantitative estimate of drug-likeness (QED) is 0.454. The third kappa shape index (κ3) is 4.42. The summed E-state index contributed by atoms with van der Waals surface area (Å²) in [5.41, 5.74) is 0.360. The van der Waals surface area contributed by atoms with Gasteiger partial charge in [-0.1, -0.05) is 13.8 Å². The lowest BCUT2D eigenvalue weighted by Crippen LogP contribution is -2.27. The smallest absolute Gasteiger partial charge is 0.337 e. The number of hydrogen-bond donors (Lipinski definition) is 2. The highest BCUT2D eigenvalue weighted by Gasteiger charge is 2.21. The van der Waals surface area contributed by atoms with E-state index in [-0.39, 0.29) is 35.5 Å². The SMILES string of the molecule is COC(=O)c1ccc([N+](=O)[O-])c(NC(CCO)C(C)C)c1. The number of aliphatic hydroxyl groups excluding tert-OH is 1. The van der Waals surface area contributed by atoms with Crippen LogP contribution in [0.2, 0.25) is 0 Å². The average Bonchev–Trinajstić information content (AvgIpc) is 2.45. The van der Waals surface area contributed by atoms with Gasteiger partial charge in [0.1, 0.15) is 5.69 Å². The number of rotatable bonds is 7. The maximum atomic E-state index is 11.5. The number of carbonyl (C=O) groups excluding carboxylic acids is 1. The summed E-state index contributed by atoms with van der Waals surface area (Å²) in [5, 5.41) is 23.2. The van der Waals surface area contributed by atoms with Crippen LogP contribution in [0.15, 0.2) is 18.2 Å². The van der Waals surface area contributed by atoms with Crippen LogP contribution in [0, 0.1) is 16.0 Å². The molecule has 21 heavy (non-hydrogen) atoms. The molecule has 7 nitrogen and oxygen atoms in total. The Labute approximate surface area is 123 Å². The zero-order valence-electron chi connectivity index (χ0n) is 12.3. The summed E-state index contributed by atoms with van der Waals surface area (Å²) < 4.78 is 4.61. The first-order valence-corrected chi connectivity index (χ1v) is 6.64. The number of nitro benzene ring substituents is 1. The van der Waals surface area contributed by atoms with E-state index in [0.29, 0.717) is 6.42 Å². The van der Waals surface area contributed by atoms with Gasteiger partial charge in [-0.05, 0) is 24.5 Å².